The summed E-state index contributed by atoms with van der Waals surface area (Å²) in [5.74, 6) is 2.32. The van der Waals surface area contributed by atoms with Crippen LogP contribution in [0.15, 0.2) is 78.9 Å². The maximum Gasteiger partial charge on any atom is 0.222 e. The van der Waals surface area contributed by atoms with Crippen molar-refractivity contribution in [2.75, 3.05) is 44.4 Å². The van der Waals surface area contributed by atoms with Gasteiger partial charge in [-0.05, 0) is 55.1 Å². The summed E-state index contributed by atoms with van der Waals surface area (Å²) in [6.07, 6.45) is 0. The van der Waals surface area contributed by atoms with Gasteiger partial charge in [0.25, 0.3) is 0 Å². The molecule has 0 bridgehead atoms. The number of rotatable bonds is 11. The number of nitrogens with zero attached hydrogens (tertiary/aromatic N) is 3. The zero-order valence-electron chi connectivity index (χ0n) is 21.1. The van der Waals surface area contributed by atoms with Crippen molar-refractivity contribution in [2.24, 2.45) is 0 Å². The van der Waals surface area contributed by atoms with Crippen molar-refractivity contribution in [2.45, 2.75) is 13.8 Å². The van der Waals surface area contributed by atoms with Crippen LogP contribution in [0.5, 0.6) is 11.5 Å². The van der Waals surface area contributed by atoms with Crippen molar-refractivity contribution in [3.63, 3.8) is 0 Å². The first kappa shape index (κ1) is 25.0. The van der Waals surface area contributed by atoms with Crippen LogP contribution in [0.4, 0.5) is 17.5 Å². The summed E-state index contributed by atoms with van der Waals surface area (Å²) >= 11 is 0. The number of ether oxygens (including phenoxy) is 2. The normalized spacial score (nSPS) is 10.9. The molecule has 36 heavy (non-hydrogen) atoms. The topological polar surface area (TPSA) is 85.5 Å². The Kier molecular flexibility index (Phi) is 8.36. The van der Waals surface area contributed by atoms with E-state index in [2.05, 4.69) is 34.0 Å². The summed E-state index contributed by atoms with van der Waals surface area (Å²) in [5.41, 5.74) is 10.5. The van der Waals surface area contributed by atoms with Gasteiger partial charge in [0.2, 0.25) is 5.95 Å². The second kappa shape index (κ2) is 12.0. The molecule has 0 atom stereocenters. The molecule has 3 aromatic carbocycles. The molecule has 0 aliphatic heterocycles. The van der Waals surface area contributed by atoms with Crippen LogP contribution in [0.3, 0.4) is 0 Å². The molecule has 7 nitrogen and oxygen atoms in total. The fourth-order valence-electron chi connectivity index (χ4n) is 4.07. The maximum atomic E-state index is 6.20. The Morgan fingerprint density at radius 1 is 0.833 bits per heavy atom. The number of aromatic nitrogens is 2. The number of nitrogen functional groups attached to an aromatic ring is 1. The summed E-state index contributed by atoms with van der Waals surface area (Å²) in [7, 11) is 1.64. The average molecular weight is 484 g/mol. The Labute approximate surface area is 212 Å². The lowest BCUT2D eigenvalue weighted by molar-refractivity contribution is 0.223. The summed E-state index contributed by atoms with van der Waals surface area (Å²) in [6.45, 7) is 7.89. The van der Waals surface area contributed by atoms with E-state index < -0.39 is 0 Å². The predicted octanol–water partition coefficient (Wildman–Crippen LogP) is 5.87. The molecule has 1 aromatic heterocycles. The van der Waals surface area contributed by atoms with Crippen LogP contribution in [0.2, 0.25) is 0 Å². The molecule has 0 spiro atoms. The van der Waals surface area contributed by atoms with Crippen LogP contribution in [0.1, 0.15) is 13.8 Å². The summed E-state index contributed by atoms with van der Waals surface area (Å²) < 4.78 is 11.5. The van der Waals surface area contributed by atoms with E-state index in [0.29, 0.717) is 18.2 Å². The Morgan fingerprint density at radius 3 is 2.22 bits per heavy atom. The standard InChI is InChI=1S/C29H33N5O2/c1-4-34(5-2)19-20-36-23-17-15-22(16-18-23)27-26(21-11-7-6-8-12-21)28(33-29(30)32-27)31-24-13-9-10-14-25(24)35-3/h6-18H,4-5,19-20H2,1-3H3,(H3,30,31,32,33). The van der Waals surface area contributed by atoms with Crippen molar-refractivity contribution in [3.8, 4) is 33.9 Å². The van der Waals surface area contributed by atoms with Gasteiger partial charge < -0.3 is 25.4 Å². The smallest absolute Gasteiger partial charge is 0.222 e. The van der Waals surface area contributed by atoms with Crippen LogP contribution < -0.4 is 20.5 Å². The highest BCUT2D eigenvalue weighted by Crippen LogP contribution is 2.39. The van der Waals surface area contributed by atoms with Gasteiger partial charge >= 0.3 is 0 Å². The predicted molar refractivity (Wildman–Crippen MR) is 147 cm³/mol. The number of likely N-dealkylation sites (N-methyl/N-ethyl adjacent to an activating group) is 1. The van der Waals surface area contributed by atoms with Gasteiger partial charge in [-0.15, -0.1) is 0 Å². The minimum Gasteiger partial charge on any atom is -0.495 e. The largest absolute Gasteiger partial charge is 0.495 e. The van der Waals surface area contributed by atoms with Crippen LogP contribution in [0.25, 0.3) is 22.4 Å². The van der Waals surface area contributed by atoms with Gasteiger partial charge in [0.15, 0.2) is 0 Å². The maximum absolute atomic E-state index is 6.20. The van der Waals surface area contributed by atoms with Crippen molar-refractivity contribution in [1.82, 2.24) is 14.9 Å². The number of benzene rings is 3. The number of para-hydroxylation sites is 2. The lowest BCUT2D eigenvalue weighted by Gasteiger charge is -2.18. The lowest BCUT2D eigenvalue weighted by atomic mass is 9.99. The summed E-state index contributed by atoms with van der Waals surface area (Å²) in [6, 6.07) is 25.7. The van der Waals surface area contributed by atoms with E-state index >= 15 is 0 Å². The molecule has 0 aliphatic carbocycles. The first-order valence-electron chi connectivity index (χ1n) is 12.2. The van der Waals surface area contributed by atoms with E-state index in [1.807, 2.05) is 78.9 Å². The number of nitrogens with one attached hydrogen (secondary N) is 1. The second-order valence-electron chi connectivity index (χ2n) is 8.25. The number of anilines is 3. The molecule has 1 heterocycles. The molecule has 0 saturated heterocycles. The van der Waals surface area contributed by atoms with Gasteiger partial charge in [-0.25, -0.2) is 4.98 Å². The number of methoxy groups -OCH3 is 1. The zero-order valence-corrected chi connectivity index (χ0v) is 21.1. The SMILES string of the molecule is CCN(CC)CCOc1ccc(-c2nc(N)nc(Nc3ccccc3OC)c2-c2ccccc2)cc1. The van der Waals surface area contributed by atoms with Gasteiger partial charge in [-0.2, -0.15) is 4.98 Å². The average Bonchev–Trinajstić information content (AvgIpc) is 2.92. The molecule has 4 aromatic rings. The van der Waals surface area contributed by atoms with Gasteiger partial charge in [-0.3, -0.25) is 0 Å². The number of hydrogen-bond acceptors (Lipinski definition) is 7. The van der Waals surface area contributed by atoms with E-state index in [-0.39, 0.29) is 5.95 Å². The Hall–Kier alpha value is -4.10. The molecule has 0 saturated carbocycles. The van der Waals surface area contributed by atoms with Crippen molar-refractivity contribution in [3.05, 3.63) is 78.9 Å². The van der Waals surface area contributed by atoms with E-state index in [0.717, 1.165) is 53.5 Å². The Balaban J connectivity index is 1.70. The molecule has 7 heteroatoms. The molecule has 0 aliphatic rings. The van der Waals surface area contributed by atoms with Crippen LogP contribution >= 0.6 is 0 Å². The molecular formula is C29H33N5O2. The molecule has 0 fully saturated rings. The van der Waals surface area contributed by atoms with Crippen LogP contribution in [0, 0.1) is 0 Å². The van der Waals surface area contributed by atoms with E-state index in [4.69, 9.17) is 15.2 Å². The third kappa shape index (κ3) is 5.93. The van der Waals surface area contributed by atoms with Crippen LogP contribution in [-0.4, -0.2) is 48.2 Å². The highest BCUT2D eigenvalue weighted by Gasteiger charge is 2.18. The Bertz CT molecular complexity index is 1260. The van der Waals surface area contributed by atoms with Crippen molar-refractivity contribution in [1.29, 1.82) is 0 Å². The lowest BCUT2D eigenvalue weighted by Crippen LogP contribution is -2.27. The summed E-state index contributed by atoms with van der Waals surface area (Å²) in [5, 5.41) is 3.42. The first-order chi connectivity index (χ1) is 17.6. The Morgan fingerprint density at radius 2 is 1.53 bits per heavy atom. The molecule has 0 radical (unpaired) electrons. The van der Waals surface area contributed by atoms with E-state index in [1.165, 1.54) is 0 Å². The highest BCUT2D eigenvalue weighted by molar-refractivity contribution is 5.90. The zero-order chi connectivity index (χ0) is 25.3. The van der Waals surface area contributed by atoms with Gasteiger partial charge in [0, 0.05) is 12.1 Å². The van der Waals surface area contributed by atoms with Gasteiger partial charge in [0.1, 0.15) is 23.9 Å². The second-order valence-corrected chi connectivity index (χ2v) is 8.25. The van der Waals surface area contributed by atoms with Crippen LogP contribution in [-0.2, 0) is 0 Å². The molecule has 3 N–H and O–H groups in total. The van der Waals surface area contributed by atoms with Crippen molar-refractivity contribution >= 4 is 17.5 Å². The fourth-order valence-corrected chi connectivity index (χ4v) is 4.07. The molecule has 0 amide bonds. The quantitative estimate of drug-likeness (QED) is 0.276. The van der Waals surface area contributed by atoms with Gasteiger partial charge in [-0.1, -0.05) is 56.3 Å². The highest BCUT2D eigenvalue weighted by atomic mass is 16.5. The van der Waals surface area contributed by atoms with Gasteiger partial charge in [0.05, 0.1) is 24.1 Å². The first-order valence-corrected chi connectivity index (χ1v) is 12.2. The van der Waals surface area contributed by atoms with Crippen molar-refractivity contribution < 1.29 is 9.47 Å². The molecule has 186 valence electrons. The monoisotopic (exact) mass is 483 g/mol. The third-order valence-corrected chi connectivity index (χ3v) is 6.05. The molecular weight excluding hydrogens is 450 g/mol. The third-order valence-electron chi connectivity index (χ3n) is 6.05. The number of nitrogens with two attached hydrogens (primary N) is 1. The van der Waals surface area contributed by atoms with E-state index in [9.17, 15) is 0 Å². The van der Waals surface area contributed by atoms with E-state index in [1.54, 1.807) is 7.11 Å². The molecule has 0 unspecified atom stereocenters. The minimum atomic E-state index is 0.182. The molecule has 4 rings (SSSR count). The summed E-state index contributed by atoms with van der Waals surface area (Å²) in [4.78, 5) is 11.6. The number of hydrogen-bond donors (Lipinski definition) is 2. The minimum absolute atomic E-state index is 0.182. The fraction of sp³-hybridized carbons (Fsp3) is 0.241.